The fourth-order valence-corrected chi connectivity index (χ4v) is 6.78. The van der Waals surface area contributed by atoms with Gasteiger partial charge in [-0.1, -0.05) is 0 Å². The van der Waals surface area contributed by atoms with Crippen LogP contribution in [0.15, 0.2) is 44.9 Å². The van der Waals surface area contributed by atoms with Crippen LogP contribution in [0.3, 0.4) is 0 Å². The van der Waals surface area contributed by atoms with Gasteiger partial charge in [0, 0.05) is 15.8 Å². The maximum Gasteiger partial charge on any atom is 0.357 e. The second-order valence-electron chi connectivity index (χ2n) is 9.75. The van der Waals surface area contributed by atoms with E-state index in [-0.39, 0.29) is 29.1 Å². The van der Waals surface area contributed by atoms with Crippen molar-refractivity contribution in [3.63, 3.8) is 0 Å². The molecule has 4 heterocycles. The number of esters is 3. The summed E-state index contributed by atoms with van der Waals surface area (Å²) in [5.41, 5.74) is 0.363. The highest BCUT2D eigenvalue weighted by atomic mass is 127. The molecule has 0 aliphatic carbocycles. The van der Waals surface area contributed by atoms with Crippen molar-refractivity contribution in [3.8, 4) is 0 Å². The zero-order valence-electron chi connectivity index (χ0n) is 22.9. The van der Waals surface area contributed by atoms with Gasteiger partial charge in [0.2, 0.25) is 0 Å². The minimum absolute atomic E-state index is 0.000547. The van der Waals surface area contributed by atoms with E-state index in [4.69, 9.17) is 18.6 Å². The van der Waals surface area contributed by atoms with Gasteiger partial charge in [0.1, 0.15) is 23.4 Å². The second kappa shape index (κ2) is 10.1. The molecule has 0 N–H and O–H groups in total. The molecule has 3 aliphatic heterocycles. The van der Waals surface area contributed by atoms with Gasteiger partial charge >= 0.3 is 17.9 Å². The summed E-state index contributed by atoms with van der Waals surface area (Å²) in [7, 11) is 3.66. The number of anilines is 1. The van der Waals surface area contributed by atoms with Crippen LogP contribution in [0.25, 0.3) is 0 Å². The minimum Gasteiger partial charge on any atom is -0.467 e. The van der Waals surface area contributed by atoms with Gasteiger partial charge in [-0.05, 0) is 79.6 Å². The van der Waals surface area contributed by atoms with Crippen molar-refractivity contribution in [2.75, 3.05) is 32.8 Å². The number of benzene rings is 1. The van der Waals surface area contributed by atoms with E-state index in [1.54, 1.807) is 19.9 Å². The van der Waals surface area contributed by atoms with Crippen LogP contribution in [0.5, 0.6) is 0 Å². The first-order chi connectivity index (χ1) is 19.0. The van der Waals surface area contributed by atoms with Crippen LogP contribution in [-0.4, -0.2) is 74.5 Å². The van der Waals surface area contributed by atoms with Crippen molar-refractivity contribution in [1.82, 2.24) is 4.90 Å². The average molecular weight is 661 g/mol. The maximum atomic E-state index is 14.2. The lowest BCUT2D eigenvalue weighted by Crippen LogP contribution is -2.55. The van der Waals surface area contributed by atoms with Gasteiger partial charge in [-0.2, -0.15) is 0 Å². The molecule has 2 aromatic rings. The van der Waals surface area contributed by atoms with E-state index in [0.717, 1.165) is 14.8 Å². The van der Waals surface area contributed by atoms with Gasteiger partial charge in [-0.3, -0.25) is 9.69 Å². The summed E-state index contributed by atoms with van der Waals surface area (Å²) in [4.78, 5) is 62.1. The van der Waals surface area contributed by atoms with E-state index in [0.29, 0.717) is 18.1 Å². The van der Waals surface area contributed by atoms with Crippen LogP contribution >= 0.6 is 22.6 Å². The number of halogens is 1. The number of carbonyl (C=O) groups is 4. The van der Waals surface area contributed by atoms with Crippen molar-refractivity contribution in [1.29, 1.82) is 0 Å². The highest BCUT2D eigenvalue weighted by Crippen LogP contribution is 2.58. The molecule has 1 aromatic carbocycles. The van der Waals surface area contributed by atoms with E-state index < -0.39 is 41.3 Å². The third-order valence-electron chi connectivity index (χ3n) is 7.82. The lowest BCUT2D eigenvalue weighted by molar-refractivity contribution is -0.144. The number of rotatable bonds is 5. The highest BCUT2D eigenvalue weighted by molar-refractivity contribution is 14.1. The molecule has 3 aliphatic rings. The van der Waals surface area contributed by atoms with Crippen molar-refractivity contribution < 1.29 is 37.8 Å². The Balaban J connectivity index is 1.89. The van der Waals surface area contributed by atoms with E-state index in [9.17, 15) is 19.2 Å². The predicted octanol–water partition coefficient (Wildman–Crippen LogP) is 3.05. The number of furan rings is 1. The van der Waals surface area contributed by atoms with E-state index in [2.05, 4.69) is 27.6 Å². The molecule has 0 radical (unpaired) electrons. The number of ether oxygens (including phenoxy) is 3. The molecule has 1 unspecified atom stereocenters. The Morgan fingerprint density at radius 2 is 1.77 bits per heavy atom. The number of hydrogen-bond donors (Lipinski definition) is 0. The van der Waals surface area contributed by atoms with Crippen LogP contribution in [-0.2, 0) is 34.0 Å². The fourth-order valence-electron chi connectivity index (χ4n) is 6.29. The number of hydrogen-bond acceptors (Lipinski definition) is 10. The normalized spacial score (nSPS) is 22.8. The quantitative estimate of drug-likeness (QED) is 0.270. The molecule has 1 fully saturated rings. The van der Waals surface area contributed by atoms with Crippen molar-refractivity contribution in [2.45, 2.75) is 44.7 Å². The summed E-state index contributed by atoms with van der Waals surface area (Å²) in [6.45, 7) is 5.74. The molecule has 1 aromatic heterocycles. The maximum absolute atomic E-state index is 14.2. The standard InChI is InChI=1S/C28H28IN3O8/c1-7-31-18-9-8-15(29)11-17(18)28-12-19(24(34)37-4)32(23(33)16-10-13(2)40-14(16)3)27(28)30-21(26(36)39-6)20(22(28)31)25(35)38-5/h8-11,19,22H,7,12H2,1-6H3/t19-,22?,28-/m0/s1. The number of fused-ring (bicyclic) bond motifs is 1. The van der Waals surface area contributed by atoms with Crippen LogP contribution in [0.4, 0.5) is 5.69 Å². The van der Waals surface area contributed by atoms with Gasteiger partial charge < -0.3 is 23.5 Å². The number of amidine groups is 1. The first kappa shape index (κ1) is 27.9. The number of aryl methyl sites for hydroxylation is 2. The molecule has 1 saturated heterocycles. The molecular formula is C28H28IN3O8. The first-order valence-corrected chi connectivity index (χ1v) is 13.7. The van der Waals surface area contributed by atoms with Crippen LogP contribution < -0.4 is 4.90 Å². The third kappa shape index (κ3) is 3.79. The smallest absolute Gasteiger partial charge is 0.357 e. The Hall–Kier alpha value is -3.68. The average Bonchev–Trinajstić information content (AvgIpc) is 3.57. The van der Waals surface area contributed by atoms with Crippen LogP contribution in [0.1, 0.15) is 40.8 Å². The monoisotopic (exact) mass is 661 g/mol. The van der Waals surface area contributed by atoms with Gasteiger partial charge in [-0.25, -0.2) is 19.4 Å². The molecule has 210 valence electrons. The molecule has 5 rings (SSSR count). The zero-order valence-corrected chi connectivity index (χ0v) is 25.0. The van der Waals surface area contributed by atoms with Crippen LogP contribution in [0, 0.1) is 17.4 Å². The number of likely N-dealkylation sites (N-methyl/N-ethyl adjacent to an activating group) is 1. The Morgan fingerprint density at radius 3 is 2.35 bits per heavy atom. The number of likely N-dealkylation sites (tertiary alicyclic amines) is 1. The third-order valence-corrected chi connectivity index (χ3v) is 8.49. The Morgan fingerprint density at radius 1 is 1.07 bits per heavy atom. The van der Waals surface area contributed by atoms with Gasteiger partial charge in [0.05, 0.1) is 43.9 Å². The molecule has 1 spiro atoms. The summed E-state index contributed by atoms with van der Waals surface area (Å²) in [5.74, 6) is -1.76. The number of methoxy groups -OCH3 is 3. The summed E-state index contributed by atoms with van der Waals surface area (Å²) in [6, 6.07) is 5.49. The minimum atomic E-state index is -1.17. The van der Waals surface area contributed by atoms with Gasteiger partial charge in [0.25, 0.3) is 5.91 Å². The molecule has 12 heteroatoms. The first-order valence-electron chi connectivity index (χ1n) is 12.6. The highest BCUT2D eigenvalue weighted by Gasteiger charge is 2.67. The summed E-state index contributed by atoms with van der Waals surface area (Å²) < 4.78 is 21.9. The van der Waals surface area contributed by atoms with E-state index in [1.807, 2.05) is 30.0 Å². The lowest BCUT2D eigenvalue weighted by Gasteiger charge is -2.40. The summed E-state index contributed by atoms with van der Waals surface area (Å²) in [6.07, 6.45) is 0.0589. The predicted molar refractivity (Wildman–Crippen MR) is 151 cm³/mol. The molecular weight excluding hydrogens is 633 g/mol. The van der Waals surface area contributed by atoms with Crippen LogP contribution in [0.2, 0.25) is 0 Å². The number of amides is 1. The van der Waals surface area contributed by atoms with Crippen molar-refractivity contribution >= 4 is 57.9 Å². The summed E-state index contributed by atoms with van der Waals surface area (Å²) >= 11 is 2.19. The van der Waals surface area contributed by atoms with Gasteiger partial charge in [-0.15, -0.1) is 0 Å². The molecule has 1 amide bonds. The number of aliphatic imine (C=N–C) groups is 1. The Bertz CT molecular complexity index is 1530. The second-order valence-corrected chi connectivity index (χ2v) is 11.0. The molecule has 0 bridgehead atoms. The summed E-state index contributed by atoms with van der Waals surface area (Å²) in [5, 5.41) is 0. The Labute approximate surface area is 244 Å². The molecule has 0 saturated carbocycles. The lowest BCUT2D eigenvalue weighted by atomic mass is 9.69. The van der Waals surface area contributed by atoms with Crippen molar-refractivity contribution in [3.05, 3.63) is 61.8 Å². The Kier molecular flexibility index (Phi) is 7.01. The zero-order chi connectivity index (χ0) is 29.1. The topological polar surface area (TPSA) is 128 Å². The number of carbonyl (C=O) groups excluding carboxylic acids is 4. The molecule has 3 atom stereocenters. The number of nitrogens with zero attached hydrogens (tertiary/aromatic N) is 3. The largest absolute Gasteiger partial charge is 0.467 e. The SMILES string of the molecule is CCN1c2ccc(I)cc2[C@]23C[C@@H](C(=O)OC)N(C(=O)c4cc(C)oc4C)C2=NC(C(=O)OC)=C(C(=O)OC)C13. The van der Waals surface area contributed by atoms with Crippen molar-refractivity contribution in [2.24, 2.45) is 4.99 Å². The van der Waals surface area contributed by atoms with Gasteiger partial charge in [0.15, 0.2) is 5.70 Å². The molecule has 40 heavy (non-hydrogen) atoms. The molecule has 11 nitrogen and oxygen atoms in total. The van der Waals surface area contributed by atoms with E-state index >= 15 is 0 Å². The van der Waals surface area contributed by atoms with E-state index in [1.165, 1.54) is 26.2 Å². The fraction of sp³-hybridized carbons (Fsp3) is 0.393.